The van der Waals surface area contributed by atoms with Crippen molar-refractivity contribution in [3.05, 3.63) is 64.1 Å². The summed E-state index contributed by atoms with van der Waals surface area (Å²) in [5.41, 5.74) is 0.717. The number of carbonyl (C=O) groups is 1. The van der Waals surface area contributed by atoms with E-state index in [1.54, 1.807) is 17.0 Å². The Balaban J connectivity index is 1.59. The molecule has 1 aromatic heterocycles. The first-order valence-electron chi connectivity index (χ1n) is 7.80. The zero-order valence-corrected chi connectivity index (χ0v) is 13.9. The highest BCUT2D eigenvalue weighted by Crippen LogP contribution is 2.26. The van der Waals surface area contributed by atoms with E-state index < -0.39 is 0 Å². The summed E-state index contributed by atoms with van der Waals surface area (Å²) in [5, 5.41) is 0. The highest BCUT2D eigenvalue weighted by molar-refractivity contribution is 7.99. The van der Waals surface area contributed by atoms with Crippen molar-refractivity contribution in [1.82, 2.24) is 9.88 Å². The lowest BCUT2D eigenvalue weighted by Gasteiger charge is -2.16. The van der Waals surface area contributed by atoms with Crippen molar-refractivity contribution in [2.24, 2.45) is 5.92 Å². The van der Waals surface area contributed by atoms with Crippen LogP contribution in [-0.2, 0) is 0 Å². The zero-order valence-electron chi connectivity index (χ0n) is 13.1. The predicted molar refractivity (Wildman–Crippen MR) is 93.0 cm³/mol. The van der Waals surface area contributed by atoms with Crippen LogP contribution in [-0.4, -0.2) is 34.6 Å². The highest BCUT2D eigenvalue weighted by Gasteiger charge is 2.28. The lowest BCUT2D eigenvalue weighted by atomic mass is 10.2. The zero-order chi connectivity index (χ0) is 16.2. The molecule has 0 radical (unpaired) electrons. The molecular formula is C18H20N2O2S. The SMILES string of the molecule is Cc1ccc(C(=O)N2CC[C@H](CSc3ccccc3)C2)c(=O)[nH]1. The van der Waals surface area contributed by atoms with Crippen molar-refractivity contribution in [2.45, 2.75) is 18.2 Å². The van der Waals surface area contributed by atoms with Gasteiger partial charge in [-0.2, -0.15) is 0 Å². The quantitative estimate of drug-likeness (QED) is 0.878. The van der Waals surface area contributed by atoms with Gasteiger partial charge >= 0.3 is 0 Å². The number of hydrogen-bond acceptors (Lipinski definition) is 3. The summed E-state index contributed by atoms with van der Waals surface area (Å²) < 4.78 is 0. The maximum Gasteiger partial charge on any atom is 0.260 e. The maximum absolute atomic E-state index is 12.5. The van der Waals surface area contributed by atoms with Crippen LogP contribution in [0.5, 0.6) is 0 Å². The Labute approximate surface area is 139 Å². The molecule has 2 aromatic rings. The van der Waals surface area contributed by atoms with E-state index in [-0.39, 0.29) is 17.0 Å². The third-order valence-electron chi connectivity index (χ3n) is 4.09. The molecule has 5 heteroatoms. The molecule has 4 nitrogen and oxygen atoms in total. The Kier molecular flexibility index (Phi) is 4.86. The van der Waals surface area contributed by atoms with Crippen LogP contribution < -0.4 is 5.56 Å². The predicted octanol–water partition coefficient (Wildman–Crippen LogP) is 2.94. The smallest absolute Gasteiger partial charge is 0.260 e. The molecule has 1 aliphatic rings. The molecule has 1 fully saturated rings. The number of carbonyl (C=O) groups excluding carboxylic acids is 1. The van der Waals surface area contributed by atoms with Gasteiger partial charge in [0, 0.05) is 29.4 Å². The van der Waals surface area contributed by atoms with Crippen LogP contribution in [0, 0.1) is 12.8 Å². The first-order valence-corrected chi connectivity index (χ1v) is 8.79. The molecular weight excluding hydrogens is 308 g/mol. The lowest BCUT2D eigenvalue weighted by Crippen LogP contribution is -2.33. The summed E-state index contributed by atoms with van der Waals surface area (Å²) in [4.78, 5) is 30.2. The van der Waals surface area contributed by atoms with Gasteiger partial charge in [-0.25, -0.2) is 0 Å². The molecule has 0 aliphatic carbocycles. The molecule has 1 atom stereocenters. The molecule has 1 aromatic carbocycles. The van der Waals surface area contributed by atoms with E-state index in [9.17, 15) is 9.59 Å². The Bertz CT molecular complexity index is 742. The second-order valence-electron chi connectivity index (χ2n) is 5.91. The number of nitrogens with one attached hydrogen (secondary N) is 1. The fourth-order valence-corrected chi connectivity index (χ4v) is 3.84. The summed E-state index contributed by atoms with van der Waals surface area (Å²) in [7, 11) is 0. The minimum atomic E-state index is -0.294. The van der Waals surface area contributed by atoms with Crippen molar-refractivity contribution in [2.75, 3.05) is 18.8 Å². The van der Waals surface area contributed by atoms with E-state index in [1.165, 1.54) is 4.90 Å². The Morgan fingerprint density at radius 1 is 1.26 bits per heavy atom. The molecule has 1 amide bonds. The number of hydrogen-bond donors (Lipinski definition) is 1. The van der Waals surface area contributed by atoms with Gasteiger partial charge in [-0.3, -0.25) is 9.59 Å². The number of thioether (sulfide) groups is 1. The average molecular weight is 328 g/mol. The molecule has 0 saturated carbocycles. The number of benzene rings is 1. The molecule has 1 N–H and O–H groups in total. The van der Waals surface area contributed by atoms with Crippen LogP contribution in [0.3, 0.4) is 0 Å². The van der Waals surface area contributed by atoms with Gasteiger partial charge in [0.15, 0.2) is 0 Å². The van der Waals surface area contributed by atoms with E-state index >= 15 is 0 Å². The van der Waals surface area contributed by atoms with E-state index in [4.69, 9.17) is 0 Å². The number of nitrogens with zero attached hydrogens (tertiary/aromatic N) is 1. The van der Waals surface area contributed by atoms with Gasteiger partial charge in [0.1, 0.15) is 5.56 Å². The van der Waals surface area contributed by atoms with Gasteiger partial charge in [-0.15, -0.1) is 11.8 Å². The number of aromatic nitrogens is 1. The standard InChI is InChI=1S/C18H20N2O2S/c1-13-7-8-16(17(21)19-13)18(22)20-10-9-14(11-20)12-23-15-5-3-2-4-6-15/h2-8,14H,9-12H2,1H3,(H,19,21)/t14-/m0/s1. The van der Waals surface area contributed by atoms with Crippen LogP contribution in [0.1, 0.15) is 22.5 Å². The molecule has 0 spiro atoms. The number of likely N-dealkylation sites (tertiary alicyclic amines) is 1. The summed E-state index contributed by atoms with van der Waals surface area (Å²) in [6.45, 7) is 3.26. The van der Waals surface area contributed by atoms with Gasteiger partial charge in [0.25, 0.3) is 11.5 Å². The molecule has 23 heavy (non-hydrogen) atoms. The van der Waals surface area contributed by atoms with Crippen molar-refractivity contribution in [3.63, 3.8) is 0 Å². The monoisotopic (exact) mass is 328 g/mol. The fraction of sp³-hybridized carbons (Fsp3) is 0.333. The second kappa shape index (κ2) is 7.04. The number of aryl methyl sites for hydroxylation is 1. The number of H-pyrrole nitrogens is 1. The molecule has 2 heterocycles. The molecule has 1 aliphatic heterocycles. The van der Waals surface area contributed by atoms with E-state index in [1.807, 2.05) is 36.9 Å². The Morgan fingerprint density at radius 2 is 2.04 bits per heavy atom. The van der Waals surface area contributed by atoms with Crippen LogP contribution in [0.15, 0.2) is 52.2 Å². The third-order valence-corrected chi connectivity index (χ3v) is 5.33. The Hall–Kier alpha value is -2.01. The molecule has 0 unspecified atom stereocenters. The van der Waals surface area contributed by atoms with Gasteiger partial charge < -0.3 is 9.88 Å². The third kappa shape index (κ3) is 3.85. The molecule has 1 saturated heterocycles. The highest BCUT2D eigenvalue weighted by atomic mass is 32.2. The summed E-state index contributed by atoms with van der Waals surface area (Å²) in [6.07, 6.45) is 0.995. The van der Waals surface area contributed by atoms with Crippen LogP contribution in [0.4, 0.5) is 0 Å². The van der Waals surface area contributed by atoms with Gasteiger partial charge in [0.05, 0.1) is 0 Å². The van der Waals surface area contributed by atoms with Gasteiger partial charge in [-0.1, -0.05) is 18.2 Å². The lowest BCUT2D eigenvalue weighted by molar-refractivity contribution is 0.0786. The number of aromatic amines is 1. The minimum absolute atomic E-state index is 0.154. The summed E-state index contributed by atoms with van der Waals surface area (Å²) in [5.74, 6) is 1.32. The molecule has 0 bridgehead atoms. The van der Waals surface area contributed by atoms with Gasteiger partial charge in [0.2, 0.25) is 0 Å². The van der Waals surface area contributed by atoms with Crippen molar-refractivity contribution in [3.8, 4) is 0 Å². The minimum Gasteiger partial charge on any atom is -0.338 e. The van der Waals surface area contributed by atoms with E-state index in [0.29, 0.717) is 5.92 Å². The normalized spacial score (nSPS) is 17.4. The van der Waals surface area contributed by atoms with Crippen LogP contribution in [0.2, 0.25) is 0 Å². The van der Waals surface area contributed by atoms with E-state index in [2.05, 4.69) is 17.1 Å². The van der Waals surface area contributed by atoms with Gasteiger partial charge in [-0.05, 0) is 43.5 Å². The molecule has 120 valence electrons. The number of amides is 1. The van der Waals surface area contributed by atoms with Crippen molar-refractivity contribution < 1.29 is 4.79 Å². The fourth-order valence-electron chi connectivity index (χ4n) is 2.79. The van der Waals surface area contributed by atoms with E-state index in [0.717, 1.165) is 31.0 Å². The van der Waals surface area contributed by atoms with Crippen LogP contribution in [0.25, 0.3) is 0 Å². The maximum atomic E-state index is 12.5. The Morgan fingerprint density at radius 3 is 2.78 bits per heavy atom. The molecule has 3 rings (SSSR count). The largest absolute Gasteiger partial charge is 0.338 e. The number of rotatable bonds is 4. The first kappa shape index (κ1) is 15.9. The average Bonchev–Trinajstić information content (AvgIpc) is 3.02. The van der Waals surface area contributed by atoms with Crippen molar-refractivity contribution >= 4 is 17.7 Å². The summed E-state index contributed by atoms with van der Waals surface area (Å²) in [6, 6.07) is 13.7. The second-order valence-corrected chi connectivity index (χ2v) is 7.01. The number of pyridine rings is 1. The van der Waals surface area contributed by atoms with Crippen LogP contribution >= 0.6 is 11.8 Å². The topological polar surface area (TPSA) is 53.2 Å². The van der Waals surface area contributed by atoms with Crippen molar-refractivity contribution in [1.29, 1.82) is 0 Å². The summed E-state index contributed by atoms with van der Waals surface area (Å²) >= 11 is 1.83. The first-order chi connectivity index (χ1) is 11.1.